The predicted molar refractivity (Wildman–Crippen MR) is 91.3 cm³/mol. The summed E-state index contributed by atoms with van der Waals surface area (Å²) >= 11 is 1.35. The van der Waals surface area contributed by atoms with Crippen LogP contribution < -0.4 is 15.8 Å². The molecule has 0 saturated heterocycles. The van der Waals surface area contributed by atoms with Crippen LogP contribution in [0.1, 0.15) is 37.0 Å². The lowest BCUT2D eigenvalue weighted by Crippen LogP contribution is -2.49. The van der Waals surface area contributed by atoms with Gasteiger partial charge < -0.3 is 15.8 Å². The minimum absolute atomic E-state index is 0.00899. The number of hydrogen-bond acceptors (Lipinski definition) is 6. The van der Waals surface area contributed by atoms with Crippen LogP contribution in [0.2, 0.25) is 0 Å². The maximum atomic E-state index is 12.4. The van der Waals surface area contributed by atoms with Gasteiger partial charge >= 0.3 is 0 Å². The summed E-state index contributed by atoms with van der Waals surface area (Å²) in [6, 6.07) is 2.75. The number of ether oxygens (including phenoxy) is 1. The third-order valence-corrected chi connectivity index (χ3v) is 4.71. The zero-order valence-corrected chi connectivity index (χ0v) is 14.7. The molecule has 0 aromatic heterocycles. The molecule has 0 aliphatic rings. The number of amides is 1. The second kappa shape index (κ2) is 8.16. The highest BCUT2D eigenvalue weighted by Crippen LogP contribution is 2.34. The minimum atomic E-state index is -0.586. The molecule has 23 heavy (non-hydrogen) atoms. The largest absolute Gasteiger partial charge is 0.495 e. The second-order valence-electron chi connectivity index (χ2n) is 5.23. The van der Waals surface area contributed by atoms with Crippen molar-refractivity contribution in [2.24, 2.45) is 5.73 Å². The van der Waals surface area contributed by atoms with Gasteiger partial charge in [-0.15, -0.1) is 11.8 Å². The van der Waals surface area contributed by atoms with Crippen LogP contribution in [0, 0.1) is 10.1 Å². The lowest BCUT2D eigenvalue weighted by Gasteiger charge is -2.26. The highest BCUT2D eigenvalue weighted by Gasteiger charge is 2.26. The third kappa shape index (κ3) is 4.59. The summed E-state index contributed by atoms with van der Waals surface area (Å²) in [7, 11) is 1.43. The number of hydrogen-bond donors (Lipinski definition) is 2. The van der Waals surface area contributed by atoms with Gasteiger partial charge in [0, 0.05) is 12.1 Å². The fourth-order valence-corrected chi connectivity index (χ4v) is 2.63. The van der Waals surface area contributed by atoms with Crippen molar-refractivity contribution in [2.45, 2.75) is 37.1 Å². The van der Waals surface area contributed by atoms with Gasteiger partial charge in [0.05, 0.1) is 23.0 Å². The Morgan fingerprint density at radius 1 is 1.43 bits per heavy atom. The third-order valence-electron chi connectivity index (χ3n) is 3.95. The average molecular weight is 341 g/mol. The van der Waals surface area contributed by atoms with Gasteiger partial charge in [0.2, 0.25) is 0 Å². The first-order valence-electron chi connectivity index (χ1n) is 7.29. The van der Waals surface area contributed by atoms with Gasteiger partial charge in [-0.2, -0.15) is 0 Å². The number of thioether (sulfide) groups is 1. The summed E-state index contributed by atoms with van der Waals surface area (Å²) in [5.41, 5.74) is 5.36. The van der Waals surface area contributed by atoms with E-state index in [9.17, 15) is 14.9 Å². The van der Waals surface area contributed by atoms with Crippen LogP contribution in [0.3, 0.4) is 0 Å². The minimum Gasteiger partial charge on any atom is -0.495 e. The highest BCUT2D eigenvalue weighted by atomic mass is 32.2. The van der Waals surface area contributed by atoms with Crippen LogP contribution in [0.15, 0.2) is 17.0 Å². The fraction of sp³-hybridized carbons (Fsp3) is 0.533. The quantitative estimate of drug-likeness (QED) is 0.427. The van der Waals surface area contributed by atoms with Crippen molar-refractivity contribution in [3.8, 4) is 5.75 Å². The normalized spacial score (nSPS) is 11.2. The number of nitro benzene ring substituents is 1. The van der Waals surface area contributed by atoms with Gasteiger partial charge in [-0.1, -0.05) is 13.8 Å². The maximum Gasteiger partial charge on any atom is 0.285 e. The molecule has 1 rings (SSSR count). The Hall–Kier alpha value is -1.80. The van der Waals surface area contributed by atoms with Crippen molar-refractivity contribution >= 4 is 23.4 Å². The Morgan fingerprint density at radius 2 is 2.04 bits per heavy atom. The second-order valence-corrected chi connectivity index (χ2v) is 6.08. The summed E-state index contributed by atoms with van der Waals surface area (Å²) < 4.78 is 5.13. The number of carbonyl (C=O) groups is 1. The lowest BCUT2D eigenvalue weighted by molar-refractivity contribution is -0.385. The first-order chi connectivity index (χ1) is 10.8. The van der Waals surface area contributed by atoms with E-state index in [0.29, 0.717) is 23.5 Å². The number of nitro groups is 1. The van der Waals surface area contributed by atoms with Crippen molar-refractivity contribution < 1.29 is 14.5 Å². The molecule has 0 bridgehead atoms. The molecule has 8 heteroatoms. The van der Waals surface area contributed by atoms with Crippen molar-refractivity contribution in [1.82, 2.24) is 5.32 Å². The van der Waals surface area contributed by atoms with E-state index in [0.717, 1.165) is 0 Å². The summed E-state index contributed by atoms with van der Waals surface area (Å²) in [5, 5.41) is 14.0. The highest BCUT2D eigenvalue weighted by molar-refractivity contribution is 7.98. The molecule has 0 aliphatic carbocycles. The number of carbonyl (C=O) groups excluding carboxylic acids is 1. The van der Waals surface area contributed by atoms with E-state index >= 15 is 0 Å². The summed E-state index contributed by atoms with van der Waals surface area (Å²) in [6.07, 6.45) is 3.21. The van der Waals surface area contributed by atoms with Crippen molar-refractivity contribution in [1.29, 1.82) is 0 Å². The molecule has 128 valence electrons. The summed E-state index contributed by atoms with van der Waals surface area (Å²) in [5.74, 6) is -0.137. The molecular weight excluding hydrogens is 318 g/mol. The standard InChI is InChI=1S/C15H23N3O4S/c1-5-15(16,6-2)9-17-14(19)10-7-13(23-4)12(22-3)8-11(10)18(20)21/h7-8H,5-6,9,16H2,1-4H3,(H,17,19). The van der Waals surface area contributed by atoms with E-state index < -0.39 is 16.4 Å². The monoisotopic (exact) mass is 341 g/mol. The van der Waals surface area contributed by atoms with E-state index in [1.807, 2.05) is 20.1 Å². The van der Waals surface area contributed by atoms with E-state index in [2.05, 4.69) is 5.32 Å². The molecule has 0 atom stereocenters. The van der Waals surface area contributed by atoms with Crippen LogP contribution in [0.5, 0.6) is 5.75 Å². The van der Waals surface area contributed by atoms with Gasteiger partial charge in [0.25, 0.3) is 11.6 Å². The Morgan fingerprint density at radius 3 is 2.48 bits per heavy atom. The molecule has 7 nitrogen and oxygen atoms in total. The Balaban J connectivity index is 3.14. The smallest absolute Gasteiger partial charge is 0.285 e. The number of methoxy groups -OCH3 is 1. The summed E-state index contributed by atoms with van der Waals surface area (Å²) in [4.78, 5) is 23.7. The predicted octanol–water partition coefficient (Wildman–Crippen LogP) is 2.57. The van der Waals surface area contributed by atoms with E-state index in [1.54, 1.807) is 0 Å². The van der Waals surface area contributed by atoms with Crippen LogP contribution in [-0.2, 0) is 0 Å². The topological polar surface area (TPSA) is 107 Å². The van der Waals surface area contributed by atoms with Gasteiger partial charge in [0.15, 0.2) is 0 Å². The van der Waals surface area contributed by atoms with Crippen molar-refractivity contribution in [3.63, 3.8) is 0 Å². The SMILES string of the molecule is CCC(N)(CC)CNC(=O)c1cc(SC)c(OC)cc1[N+](=O)[O-]. The van der Waals surface area contributed by atoms with Crippen molar-refractivity contribution in [3.05, 3.63) is 27.8 Å². The Bertz CT molecular complexity index is 588. The zero-order chi connectivity index (χ0) is 17.6. The molecular formula is C15H23N3O4S. The van der Waals surface area contributed by atoms with Gasteiger partial charge in [0.1, 0.15) is 11.3 Å². The molecule has 0 unspecified atom stereocenters. The first-order valence-corrected chi connectivity index (χ1v) is 8.51. The summed E-state index contributed by atoms with van der Waals surface area (Å²) in [6.45, 7) is 4.14. The Labute approximate surface area is 140 Å². The fourth-order valence-electron chi connectivity index (χ4n) is 2.05. The number of nitrogens with two attached hydrogens (primary N) is 1. The number of rotatable bonds is 8. The molecule has 0 heterocycles. The van der Waals surface area contributed by atoms with E-state index in [-0.39, 0.29) is 17.8 Å². The molecule has 1 aromatic rings. The van der Waals surface area contributed by atoms with Gasteiger partial charge in [-0.05, 0) is 25.2 Å². The molecule has 0 radical (unpaired) electrons. The molecule has 1 aromatic carbocycles. The van der Waals surface area contributed by atoms with Gasteiger partial charge in [-0.3, -0.25) is 14.9 Å². The molecule has 1 amide bonds. The molecule has 0 spiro atoms. The first kappa shape index (κ1) is 19.2. The molecule has 0 fully saturated rings. The average Bonchev–Trinajstić information content (AvgIpc) is 2.57. The molecule has 0 aliphatic heterocycles. The van der Waals surface area contributed by atoms with Crippen molar-refractivity contribution in [2.75, 3.05) is 19.9 Å². The van der Waals surface area contributed by atoms with E-state index in [1.165, 1.54) is 31.0 Å². The van der Waals surface area contributed by atoms with Crippen LogP contribution >= 0.6 is 11.8 Å². The molecule has 3 N–H and O–H groups in total. The van der Waals surface area contributed by atoms with Gasteiger partial charge in [-0.25, -0.2) is 0 Å². The van der Waals surface area contributed by atoms with E-state index in [4.69, 9.17) is 10.5 Å². The zero-order valence-electron chi connectivity index (χ0n) is 13.8. The number of nitrogens with one attached hydrogen (secondary N) is 1. The maximum absolute atomic E-state index is 12.4. The molecule has 0 saturated carbocycles. The van der Waals surface area contributed by atoms with Crippen LogP contribution in [0.25, 0.3) is 0 Å². The van der Waals surface area contributed by atoms with Crippen LogP contribution in [-0.4, -0.2) is 36.3 Å². The lowest BCUT2D eigenvalue weighted by atomic mass is 9.94. The Kier molecular flexibility index (Phi) is 6.83. The number of benzene rings is 1. The van der Waals surface area contributed by atoms with Crippen LogP contribution in [0.4, 0.5) is 5.69 Å². The number of nitrogens with zero attached hydrogens (tertiary/aromatic N) is 1.